The predicted octanol–water partition coefficient (Wildman–Crippen LogP) is 5.02. The molecule has 0 spiro atoms. The van der Waals surface area contributed by atoms with Crippen LogP contribution in [0.15, 0.2) is 65.0 Å². The molecule has 2 heterocycles. The van der Waals surface area contributed by atoms with E-state index in [1.807, 2.05) is 62.4 Å². The van der Waals surface area contributed by atoms with Crippen LogP contribution in [-0.2, 0) is 4.79 Å². The van der Waals surface area contributed by atoms with Crippen LogP contribution in [0.3, 0.4) is 0 Å². The molecule has 1 atom stereocenters. The van der Waals surface area contributed by atoms with E-state index in [1.165, 1.54) is 0 Å². The van der Waals surface area contributed by atoms with Crippen molar-refractivity contribution in [2.24, 2.45) is 0 Å². The lowest BCUT2D eigenvalue weighted by Gasteiger charge is -2.29. The van der Waals surface area contributed by atoms with Crippen molar-refractivity contribution in [2.45, 2.75) is 38.4 Å². The van der Waals surface area contributed by atoms with Gasteiger partial charge in [0.25, 0.3) is 5.91 Å². The summed E-state index contributed by atoms with van der Waals surface area (Å²) in [5.41, 5.74) is 4.02. The number of amides is 1. The summed E-state index contributed by atoms with van der Waals surface area (Å²) in [7, 11) is 1.63. The van der Waals surface area contributed by atoms with Crippen molar-refractivity contribution in [1.29, 1.82) is 0 Å². The van der Waals surface area contributed by atoms with Crippen molar-refractivity contribution < 1.29 is 9.53 Å². The Kier molecular flexibility index (Phi) is 6.50. The molecule has 0 aliphatic carbocycles. The summed E-state index contributed by atoms with van der Waals surface area (Å²) >= 11 is 1.61. The van der Waals surface area contributed by atoms with E-state index in [9.17, 15) is 4.79 Å². The number of hydrogen-bond acceptors (Lipinski definition) is 6. The van der Waals surface area contributed by atoms with Gasteiger partial charge in [0.15, 0.2) is 0 Å². The molecule has 0 radical (unpaired) electrons. The zero-order chi connectivity index (χ0) is 22.7. The van der Waals surface area contributed by atoms with Crippen molar-refractivity contribution in [3.05, 3.63) is 70.9 Å². The Bertz CT molecular complexity index is 1170. The van der Waals surface area contributed by atoms with Gasteiger partial charge in [0, 0.05) is 17.1 Å². The van der Waals surface area contributed by atoms with Gasteiger partial charge in [0.1, 0.15) is 11.8 Å². The molecule has 1 aliphatic heterocycles. The Morgan fingerprint density at radius 2 is 2.03 bits per heavy atom. The first-order chi connectivity index (χ1) is 15.5. The summed E-state index contributed by atoms with van der Waals surface area (Å²) in [4.78, 5) is 18.2. The van der Waals surface area contributed by atoms with Crippen LogP contribution < -0.4 is 15.4 Å². The number of aromatic nitrogens is 3. The monoisotopic (exact) mass is 449 g/mol. The van der Waals surface area contributed by atoms with Crippen LogP contribution >= 0.6 is 11.8 Å². The Morgan fingerprint density at radius 3 is 2.78 bits per heavy atom. The van der Waals surface area contributed by atoms with Crippen LogP contribution in [0.4, 0.5) is 11.6 Å². The molecule has 1 unspecified atom stereocenters. The Morgan fingerprint density at radius 1 is 1.22 bits per heavy atom. The van der Waals surface area contributed by atoms with Gasteiger partial charge in [-0.15, -0.1) is 5.10 Å². The predicted molar refractivity (Wildman–Crippen MR) is 128 cm³/mol. The molecule has 2 N–H and O–H groups in total. The lowest BCUT2D eigenvalue weighted by Crippen LogP contribution is -2.31. The van der Waals surface area contributed by atoms with Crippen LogP contribution in [0, 0.1) is 6.92 Å². The van der Waals surface area contributed by atoms with Crippen LogP contribution in [-0.4, -0.2) is 33.5 Å². The van der Waals surface area contributed by atoms with E-state index < -0.39 is 6.04 Å². The molecule has 0 saturated carbocycles. The molecule has 4 rings (SSSR count). The molecular weight excluding hydrogens is 422 g/mol. The van der Waals surface area contributed by atoms with Crippen molar-refractivity contribution in [1.82, 2.24) is 14.8 Å². The number of carbonyl (C=O) groups is 1. The highest BCUT2D eigenvalue weighted by molar-refractivity contribution is 7.99. The van der Waals surface area contributed by atoms with E-state index in [0.717, 1.165) is 40.4 Å². The molecule has 8 heteroatoms. The number of hydrogen-bond donors (Lipinski definition) is 2. The topological polar surface area (TPSA) is 81.1 Å². The highest BCUT2D eigenvalue weighted by atomic mass is 32.2. The number of nitrogens with zero attached hydrogens (tertiary/aromatic N) is 3. The fraction of sp³-hybridized carbons (Fsp3) is 0.292. The molecule has 2 aromatic carbocycles. The molecule has 1 amide bonds. The van der Waals surface area contributed by atoms with Gasteiger partial charge in [-0.1, -0.05) is 49.0 Å². The maximum atomic E-state index is 13.6. The van der Waals surface area contributed by atoms with E-state index in [1.54, 1.807) is 23.6 Å². The fourth-order valence-corrected chi connectivity index (χ4v) is 4.39. The van der Waals surface area contributed by atoms with Gasteiger partial charge in [-0.25, -0.2) is 4.68 Å². The standard InChI is InChI=1S/C24H27N5O2S/c1-5-13-32-24-27-23-25-16(3)20(22(30)26-19-12-7-6-9-15(19)2)21(29(23)28-24)17-10-8-11-18(14-17)31-4/h6-12,14,21H,5,13H2,1-4H3,(H,26,30)(H,25,27,28). The van der Waals surface area contributed by atoms with E-state index in [-0.39, 0.29) is 5.91 Å². The summed E-state index contributed by atoms with van der Waals surface area (Å²) in [5, 5.41) is 11.8. The zero-order valence-corrected chi connectivity index (χ0v) is 19.5. The molecule has 0 saturated heterocycles. The van der Waals surface area contributed by atoms with Crippen LogP contribution in [0.1, 0.15) is 37.4 Å². The van der Waals surface area contributed by atoms with Crippen LogP contribution in [0.25, 0.3) is 0 Å². The number of benzene rings is 2. The normalized spacial score (nSPS) is 15.2. The third-order valence-electron chi connectivity index (χ3n) is 5.32. The third-order valence-corrected chi connectivity index (χ3v) is 6.36. The maximum absolute atomic E-state index is 13.6. The highest BCUT2D eigenvalue weighted by Gasteiger charge is 2.34. The van der Waals surface area contributed by atoms with Gasteiger partial charge in [0.2, 0.25) is 11.1 Å². The second-order valence-electron chi connectivity index (χ2n) is 7.62. The quantitative estimate of drug-likeness (QED) is 0.493. The van der Waals surface area contributed by atoms with Gasteiger partial charge >= 0.3 is 0 Å². The number of nitrogens with one attached hydrogen (secondary N) is 2. The summed E-state index contributed by atoms with van der Waals surface area (Å²) in [5.74, 6) is 2.10. The number of fused-ring (bicyclic) bond motifs is 1. The molecule has 0 fully saturated rings. The van der Waals surface area contributed by atoms with Crippen molar-refractivity contribution in [3.63, 3.8) is 0 Å². The molecule has 1 aromatic heterocycles. The fourth-order valence-electron chi connectivity index (χ4n) is 3.70. The second-order valence-corrected chi connectivity index (χ2v) is 8.68. The molecule has 7 nitrogen and oxygen atoms in total. The van der Waals surface area contributed by atoms with E-state index in [0.29, 0.717) is 16.7 Å². The SMILES string of the molecule is CCCSc1nc2n(n1)C(c1cccc(OC)c1)C(C(=O)Nc1ccccc1C)=C(C)N2. The van der Waals surface area contributed by atoms with Gasteiger partial charge < -0.3 is 15.4 Å². The lowest BCUT2D eigenvalue weighted by molar-refractivity contribution is -0.113. The molecule has 0 bridgehead atoms. The minimum atomic E-state index is -0.436. The van der Waals surface area contributed by atoms with Gasteiger partial charge in [-0.3, -0.25) is 4.79 Å². The Balaban J connectivity index is 1.78. The summed E-state index contributed by atoms with van der Waals surface area (Å²) in [6.07, 6.45) is 1.03. The molecular formula is C24H27N5O2S. The smallest absolute Gasteiger partial charge is 0.255 e. The number of ether oxygens (including phenoxy) is 1. The zero-order valence-electron chi connectivity index (χ0n) is 18.7. The van der Waals surface area contributed by atoms with Crippen LogP contribution in [0.5, 0.6) is 5.75 Å². The summed E-state index contributed by atoms with van der Waals surface area (Å²) in [6.45, 7) is 6.00. The maximum Gasteiger partial charge on any atom is 0.255 e. The lowest BCUT2D eigenvalue weighted by atomic mass is 9.94. The van der Waals surface area contributed by atoms with Crippen LogP contribution in [0.2, 0.25) is 0 Å². The minimum Gasteiger partial charge on any atom is -0.497 e. The summed E-state index contributed by atoms with van der Waals surface area (Å²) in [6, 6.07) is 15.0. The second kappa shape index (κ2) is 9.48. The first-order valence-electron chi connectivity index (χ1n) is 10.6. The number of carbonyl (C=O) groups excluding carboxylic acids is 1. The number of methoxy groups -OCH3 is 1. The molecule has 166 valence electrons. The van der Waals surface area contributed by atoms with E-state index >= 15 is 0 Å². The highest BCUT2D eigenvalue weighted by Crippen LogP contribution is 2.37. The van der Waals surface area contributed by atoms with Gasteiger partial charge in [-0.2, -0.15) is 4.98 Å². The number of aryl methyl sites for hydroxylation is 1. The Hall–Kier alpha value is -3.26. The van der Waals surface area contributed by atoms with Crippen molar-refractivity contribution in [2.75, 3.05) is 23.5 Å². The number of para-hydroxylation sites is 1. The number of allylic oxidation sites excluding steroid dienone is 1. The largest absolute Gasteiger partial charge is 0.497 e. The molecule has 1 aliphatic rings. The van der Waals surface area contributed by atoms with Gasteiger partial charge in [0.05, 0.1) is 12.7 Å². The van der Waals surface area contributed by atoms with E-state index in [4.69, 9.17) is 9.84 Å². The number of anilines is 2. The van der Waals surface area contributed by atoms with E-state index in [2.05, 4.69) is 22.5 Å². The average Bonchev–Trinajstić information content (AvgIpc) is 3.20. The Labute approximate surface area is 192 Å². The molecule has 32 heavy (non-hydrogen) atoms. The summed E-state index contributed by atoms with van der Waals surface area (Å²) < 4.78 is 7.24. The van der Waals surface area contributed by atoms with Crippen molar-refractivity contribution in [3.8, 4) is 5.75 Å². The number of rotatable bonds is 7. The van der Waals surface area contributed by atoms with Crippen molar-refractivity contribution >= 4 is 29.3 Å². The minimum absolute atomic E-state index is 0.180. The van der Waals surface area contributed by atoms with Gasteiger partial charge in [-0.05, 0) is 49.6 Å². The average molecular weight is 450 g/mol. The number of thioether (sulfide) groups is 1. The molecule has 3 aromatic rings. The first-order valence-corrected chi connectivity index (χ1v) is 11.6. The third kappa shape index (κ3) is 4.36. The first kappa shape index (κ1) is 22.0.